The number of hydrazone groups is 1. The molecule has 0 spiro atoms. The van der Waals surface area contributed by atoms with Gasteiger partial charge in [0.2, 0.25) is 5.91 Å². The molecule has 0 aromatic heterocycles. The zero-order chi connectivity index (χ0) is 18.5. The zero-order valence-electron chi connectivity index (χ0n) is 14.1. The van der Waals surface area contributed by atoms with Crippen molar-refractivity contribution >= 4 is 29.2 Å². The molecule has 26 heavy (non-hydrogen) atoms. The van der Waals surface area contributed by atoms with Crippen LogP contribution in [0.3, 0.4) is 0 Å². The van der Waals surface area contributed by atoms with Crippen LogP contribution in [0.1, 0.15) is 42.9 Å². The summed E-state index contributed by atoms with van der Waals surface area (Å²) in [5.41, 5.74) is 2.72. The van der Waals surface area contributed by atoms with Crippen molar-refractivity contribution in [2.75, 3.05) is 0 Å². The Hall–Kier alpha value is -2.66. The quantitative estimate of drug-likeness (QED) is 0.825. The normalized spacial score (nSPS) is 16.4. The Bertz CT molecular complexity index is 836. The molecule has 134 valence electrons. The van der Waals surface area contributed by atoms with Crippen LogP contribution in [0.2, 0.25) is 5.02 Å². The van der Waals surface area contributed by atoms with Crippen molar-refractivity contribution in [2.45, 2.75) is 31.7 Å². The Morgan fingerprint density at radius 1 is 1.12 bits per heavy atom. The molecule has 1 amide bonds. The Morgan fingerprint density at radius 3 is 2.58 bits per heavy atom. The smallest absolute Gasteiger partial charge is 0.303 e. The maximum atomic E-state index is 12.7. The lowest BCUT2D eigenvalue weighted by Crippen LogP contribution is -2.27. The van der Waals surface area contributed by atoms with Crippen LogP contribution in [0.4, 0.5) is 0 Å². The molecule has 1 aliphatic rings. The van der Waals surface area contributed by atoms with Crippen LogP contribution in [-0.2, 0) is 9.59 Å². The fraction of sp³-hybridized carbons (Fsp3) is 0.250. The lowest BCUT2D eigenvalue weighted by molar-refractivity contribution is -0.137. The number of nitrogens with zero attached hydrogens (tertiary/aromatic N) is 2. The predicted molar refractivity (Wildman–Crippen MR) is 100 cm³/mol. The Morgan fingerprint density at radius 2 is 1.88 bits per heavy atom. The molecule has 1 heterocycles. The van der Waals surface area contributed by atoms with E-state index in [0.717, 1.165) is 16.8 Å². The van der Waals surface area contributed by atoms with Crippen LogP contribution >= 0.6 is 11.6 Å². The van der Waals surface area contributed by atoms with Crippen LogP contribution < -0.4 is 0 Å². The van der Waals surface area contributed by atoms with E-state index in [1.807, 2.05) is 48.5 Å². The molecule has 1 N–H and O–H groups in total. The molecule has 3 rings (SSSR count). The highest BCUT2D eigenvalue weighted by Gasteiger charge is 2.32. The Kier molecular flexibility index (Phi) is 5.68. The first-order valence-electron chi connectivity index (χ1n) is 8.47. The summed E-state index contributed by atoms with van der Waals surface area (Å²) in [5.74, 6) is -1.08. The van der Waals surface area contributed by atoms with Gasteiger partial charge in [0.05, 0.1) is 11.8 Å². The third-order valence-electron chi connectivity index (χ3n) is 4.29. The number of hydrogen-bond acceptors (Lipinski definition) is 3. The topological polar surface area (TPSA) is 70.0 Å². The summed E-state index contributed by atoms with van der Waals surface area (Å²) in [7, 11) is 0. The van der Waals surface area contributed by atoms with Crippen molar-refractivity contribution in [3.8, 4) is 0 Å². The van der Waals surface area contributed by atoms with E-state index in [1.54, 1.807) is 6.07 Å². The van der Waals surface area contributed by atoms with Crippen LogP contribution in [-0.4, -0.2) is 27.7 Å². The largest absolute Gasteiger partial charge is 0.481 e. The van der Waals surface area contributed by atoms with E-state index in [2.05, 4.69) is 5.10 Å². The summed E-state index contributed by atoms with van der Waals surface area (Å²) in [6.07, 6.45) is 1.00. The van der Waals surface area contributed by atoms with Crippen LogP contribution in [0.5, 0.6) is 0 Å². The van der Waals surface area contributed by atoms with Crippen LogP contribution in [0.25, 0.3) is 0 Å². The molecule has 0 fully saturated rings. The van der Waals surface area contributed by atoms with E-state index >= 15 is 0 Å². The third-order valence-corrected chi connectivity index (χ3v) is 4.52. The highest BCUT2D eigenvalue weighted by molar-refractivity contribution is 6.30. The summed E-state index contributed by atoms with van der Waals surface area (Å²) < 4.78 is 0. The van der Waals surface area contributed by atoms with Gasteiger partial charge in [0.1, 0.15) is 0 Å². The van der Waals surface area contributed by atoms with E-state index in [1.165, 1.54) is 5.01 Å². The molecule has 0 unspecified atom stereocenters. The molecule has 2 aromatic rings. The number of halogens is 1. The molecule has 1 atom stereocenters. The fourth-order valence-electron chi connectivity index (χ4n) is 3.02. The molecule has 6 heteroatoms. The van der Waals surface area contributed by atoms with Crippen molar-refractivity contribution in [3.63, 3.8) is 0 Å². The Labute approximate surface area is 156 Å². The molecule has 1 aliphatic heterocycles. The van der Waals surface area contributed by atoms with Crippen molar-refractivity contribution in [1.82, 2.24) is 5.01 Å². The first-order valence-corrected chi connectivity index (χ1v) is 8.84. The minimum absolute atomic E-state index is 0.0311. The molecule has 0 saturated carbocycles. The number of rotatable bonds is 6. The predicted octanol–water partition coefficient (Wildman–Crippen LogP) is 4.27. The fourth-order valence-corrected chi connectivity index (χ4v) is 3.22. The SMILES string of the molecule is O=C(O)CCCC(=O)N1N=C(c2ccccc2)C[C@H]1c1cccc(Cl)c1. The molecule has 2 aromatic carbocycles. The third kappa shape index (κ3) is 4.29. The van der Waals surface area contributed by atoms with Gasteiger partial charge in [0.25, 0.3) is 0 Å². The van der Waals surface area contributed by atoms with Gasteiger partial charge in [-0.2, -0.15) is 5.10 Å². The molecule has 0 radical (unpaired) electrons. The molecule has 0 bridgehead atoms. The van der Waals surface area contributed by atoms with E-state index < -0.39 is 5.97 Å². The second-order valence-electron chi connectivity index (χ2n) is 6.17. The summed E-state index contributed by atoms with van der Waals surface area (Å²) in [5, 5.41) is 15.4. The number of benzene rings is 2. The average Bonchev–Trinajstić information content (AvgIpc) is 3.07. The van der Waals surface area contributed by atoms with Crippen LogP contribution in [0, 0.1) is 0 Å². The lowest BCUT2D eigenvalue weighted by atomic mass is 9.98. The number of amides is 1. The number of carbonyl (C=O) groups excluding carboxylic acids is 1. The monoisotopic (exact) mass is 370 g/mol. The van der Waals surface area contributed by atoms with E-state index in [-0.39, 0.29) is 24.8 Å². The number of carbonyl (C=O) groups is 2. The van der Waals surface area contributed by atoms with Gasteiger partial charge in [-0.05, 0) is 29.7 Å². The molecule has 0 saturated heterocycles. The minimum atomic E-state index is -0.904. The second kappa shape index (κ2) is 8.15. The molecule has 5 nitrogen and oxygen atoms in total. The molecule has 0 aliphatic carbocycles. The maximum Gasteiger partial charge on any atom is 0.303 e. The van der Waals surface area contributed by atoms with Gasteiger partial charge in [-0.1, -0.05) is 54.1 Å². The number of hydrogen-bond donors (Lipinski definition) is 1. The summed E-state index contributed by atoms with van der Waals surface area (Å²) in [6.45, 7) is 0. The lowest BCUT2D eigenvalue weighted by Gasteiger charge is -2.22. The van der Waals surface area contributed by atoms with Crippen molar-refractivity contribution in [1.29, 1.82) is 0 Å². The number of aliphatic carboxylic acids is 1. The molecular weight excluding hydrogens is 352 g/mol. The van der Waals surface area contributed by atoms with Crippen LogP contribution in [0.15, 0.2) is 59.7 Å². The van der Waals surface area contributed by atoms with E-state index in [4.69, 9.17) is 16.7 Å². The first kappa shape index (κ1) is 18.1. The highest BCUT2D eigenvalue weighted by atomic mass is 35.5. The maximum absolute atomic E-state index is 12.7. The van der Waals surface area contributed by atoms with Gasteiger partial charge < -0.3 is 5.11 Å². The zero-order valence-corrected chi connectivity index (χ0v) is 14.9. The van der Waals surface area contributed by atoms with Gasteiger partial charge in [0.15, 0.2) is 0 Å². The van der Waals surface area contributed by atoms with Gasteiger partial charge >= 0.3 is 5.97 Å². The van der Waals surface area contributed by atoms with E-state index in [9.17, 15) is 9.59 Å². The van der Waals surface area contributed by atoms with Gasteiger partial charge in [-0.25, -0.2) is 5.01 Å². The highest BCUT2D eigenvalue weighted by Crippen LogP contribution is 2.34. The summed E-state index contributed by atoms with van der Waals surface area (Å²) in [4.78, 5) is 23.4. The second-order valence-corrected chi connectivity index (χ2v) is 6.61. The minimum Gasteiger partial charge on any atom is -0.481 e. The van der Waals surface area contributed by atoms with Gasteiger partial charge in [-0.15, -0.1) is 0 Å². The van der Waals surface area contributed by atoms with E-state index in [0.29, 0.717) is 17.9 Å². The number of carboxylic acid groups (broad SMARTS) is 1. The van der Waals surface area contributed by atoms with Crippen molar-refractivity contribution in [3.05, 3.63) is 70.7 Å². The standard InChI is InChI=1S/C20H19ClN2O3/c21-16-9-4-8-15(12-16)18-13-17(14-6-2-1-3-7-14)22-23(18)19(24)10-5-11-20(25)26/h1-4,6-9,12,18H,5,10-11,13H2,(H,25,26)/t18-/m0/s1. The summed E-state index contributed by atoms with van der Waals surface area (Å²) in [6, 6.07) is 16.9. The Balaban J connectivity index is 1.85. The first-order chi connectivity index (χ1) is 12.5. The summed E-state index contributed by atoms with van der Waals surface area (Å²) >= 11 is 6.12. The van der Waals surface area contributed by atoms with Gasteiger partial charge in [-0.3, -0.25) is 9.59 Å². The number of carboxylic acids is 1. The molecular formula is C20H19ClN2O3. The van der Waals surface area contributed by atoms with Gasteiger partial charge in [0, 0.05) is 24.3 Å². The van der Waals surface area contributed by atoms with Crippen molar-refractivity contribution < 1.29 is 14.7 Å². The average molecular weight is 371 g/mol. The van der Waals surface area contributed by atoms with Crippen molar-refractivity contribution in [2.24, 2.45) is 5.10 Å².